The molecule has 0 spiro atoms. The van der Waals surface area contributed by atoms with Crippen LogP contribution >= 0.6 is 7.37 Å². The monoisotopic (exact) mass is 272 g/mol. The third-order valence-corrected chi connectivity index (χ3v) is 4.53. The molecule has 0 aliphatic heterocycles. The summed E-state index contributed by atoms with van der Waals surface area (Å²) < 4.78 is 16.3. The minimum absolute atomic E-state index is 0.0600. The Morgan fingerprint density at radius 2 is 2.11 bits per heavy atom. The van der Waals surface area contributed by atoms with E-state index in [2.05, 4.69) is 0 Å². The van der Waals surface area contributed by atoms with Gasteiger partial charge in [-0.3, -0.25) is 10.1 Å². The van der Waals surface area contributed by atoms with Crippen LogP contribution in [0.25, 0.3) is 0 Å². The van der Waals surface area contributed by atoms with E-state index >= 15 is 0 Å². The lowest BCUT2D eigenvalue weighted by Crippen LogP contribution is -2.09. The third kappa shape index (κ3) is 3.82. The van der Waals surface area contributed by atoms with Crippen molar-refractivity contribution in [2.45, 2.75) is 13.3 Å². The van der Waals surface area contributed by atoms with Crippen LogP contribution in [-0.4, -0.2) is 24.4 Å². The van der Waals surface area contributed by atoms with Gasteiger partial charge in [0.1, 0.15) is 0 Å². The van der Waals surface area contributed by atoms with E-state index in [-0.39, 0.29) is 23.8 Å². The molecule has 0 N–H and O–H groups in total. The summed E-state index contributed by atoms with van der Waals surface area (Å²) in [7, 11) is -1.97. The first-order valence-corrected chi connectivity index (χ1v) is 7.49. The first-order chi connectivity index (χ1) is 8.39. The van der Waals surface area contributed by atoms with Gasteiger partial charge in [-0.05, 0) is 30.4 Å². The molecule has 18 heavy (non-hydrogen) atoms. The lowest BCUT2D eigenvalue weighted by atomic mass is 10.1. The van der Waals surface area contributed by atoms with Gasteiger partial charge in [-0.25, -0.2) is 0 Å². The van der Waals surface area contributed by atoms with E-state index in [1.165, 1.54) is 19.2 Å². The van der Waals surface area contributed by atoms with Crippen LogP contribution in [0.1, 0.15) is 12.5 Å². The van der Waals surface area contributed by atoms with Gasteiger partial charge in [0.05, 0.1) is 12.0 Å². The first kappa shape index (κ1) is 14.7. The van der Waals surface area contributed by atoms with Gasteiger partial charge in [0.15, 0.2) is 5.75 Å². The normalized spacial score (nSPS) is 13.9. The number of ether oxygens (including phenoxy) is 1. The molecule has 6 nitrogen and oxygen atoms in total. The van der Waals surface area contributed by atoms with Crippen molar-refractivity contribution in [3.8, 4) is 5.75 Å². The highest BCUT2D eigenvalue weighted by atomic mass is 31.2. The molecule has 1 rings (SSSR count). The number of nitro benzene ring substituents is 1. The molecule has 7 heteroatoms. The van der Waals surface area contributed by atoms with E-state index in [1.54, 1.807) is 13.0 Å². The van der Waals surface area contributed by atoms with Crippen molar-refractivity contribution in [1.29, 1.82) is 0 Å². The first-order valence-electron chi connectivity index (χ1n) is 5.50. The van der Waals surface area contributed by atoms with Crippen LogP contribution in [0.15, 0.2) is 18.2 Å². The quantitative estimate of drug-likeness (QED) is 0.447. The highest BCUT2D eigenvalue weighted by Gasteiger charge is 2.15. The van der Waals surface area contributed by atoms with Crippen molar-refractivity contribution < 1.29 is 19.1 Å². The summed E-state index contributed by atoms with van der Waals surface area (Å²) in [6.07, 6.45) is 0.518. The molecule has 0 aliphatic rings. The molecule has 0 aromatic heterocycles. The molecule has 0 aliphatic carbocycles. The van der Waals surface area contributed by atoms with E-state index in [0.29, 0.717) is 12.0 Å². The molecule has 0 fully saturated rings. The fourth-order valence-electron chi connectivity index (χ4n) is 1.49. The van der Waals surface area contributed by atoms with Crippen LogP contribution in [0, 0.1) is 10.1 Å². The molecular weight excluding hydrogens is 257 g/mol. The number of benzene rings is 1. The summed E-state index contributed by atoms with van der Waals surface area (Å²) in [6, 6.07) is 4.39. The maximum atomic E-state index is 11.4. The highest BCUT2D eigenvalue weighted by Crippen LogP contribution is 2.36. The van der Waals surface area contributed by atoms with Crippen molar-refractivity contribution in [1.82, 2.24) is 0 Å². The zero-order valence-corrected chi connectivity index (χ0v) is 11.2. The average Bonchev–Trinajstić information content (AvgIpc) is 2.36. The Bertz CT molecular complexity index is 488. The Kier molecular flexibility index (Phi) is 4.87. The van der Waals surface area contributed by atoms with Crippen molar-refractivity contribution >= 4 is 13.1 Å². The molecular formula is C11H15NO5P-. The molecule has 1 aromatic carbocycles. The van der Waals surface area contributed by atoms with Gasteiger partial charge < -0.3 is 14.2 Å². The second-order valence-corrected chi connectivity index (χ2v) is 6.58. The molecule has 1 atom stereocenters. The van der Waals surface area contributed by atoms with Gasteiger partial charge in [0.2, 0.25) is 0 Å². The number of aryl methyl sites for hydroxylation is 1. The Morgan fingerprint density at radius 3 is 2.61 bits per heavy atom. The fourth-order valence-corrected chi connectivity index (χ4v) is 2.40. The van der Waals surface area contributed by atoms with Crippen LogP contribution in [0.4, 0.5) is 5.69 Å². The lowest BCUT2D eigenvalue weighted by Gasteiger charge is -2.21. The van der Waals surface area contributed by atoms with Crippen LogP contribution in [0.5, 0.6) is 5.75 Å². The van der Waals surface area contributed by atoms with Gasteiger partial charge in [-0.2, -0.15) is 0 Å². The van der Waals surface area contributed by atoms with Gasteiger partial charge in [-0.15, -0.1) is 0 Å². The van der Waals surface area contributed by atoms with Gasteiger partial charge in [-0.1, -0.05) is 13.0 Å². The Hall–Kier alpha value is -1.39. The van der Waals surface area contributed by atoms with Crippen molar-refractivity contribution in [2.75, 3.05) is 19.4 Å². The van der Waals surface area contributed by atoms with E-state index in [1.807, 2.05) is 0 Å². The predicted octanol–water partition coefficient (Wildman–Crippen LogP) is 1.80. The number of methoxy groups -OCH3 is 1. The third-order valence-electron chi connectivity index (χ3n) is 2.66. The second-order valence-electron chi connectivity index (χ2n) is 3.87. The molecule has 0 amide bonds. The van der Waals surface area contributed by atoms with E-state index in [4.69, 9.17) is 4.74 Å². The van der Waals surface area contributed by atoms with E-state index in [0.717, 1.165) is 0 Å². The maximum absolute atomic E-state index is 11.4. The summed E-state index contributed by atoms with van der Waals surface area (Å²) in [5.74, 6) is 0.148. The predicted molar refractivity (Wildman–Crippen MR) is 66.4 cm³/mol. The molecule has 0 bridgehead atoms. The topological polar surface area (TPSA) is 92.5 Å². The zero-order chi connectivity index (χ0) is 13.8. The van der Waals surface area contributed by atoms with E-state index < -0.39 is 12.3 Å². The van der Waals surface area contributed by atoms with Gasteiger partial charge in [0, 0.05) is 13.4 Å². The van der Waals surface area contributed by atoms with Gasteiger partial charge in [0.25, 0.3) is 0 Å². The summed E-state index contributed by atoms with van der Waals surface area (Å²) in [5, 5.41) is 10.7. The number of nitrogens with zero attached hydrogens (tertiary/aromatic N) is 1. The zero-order valence-electron chi connectivity index (χ0n) is 10.3. The minimum Gasteiger partial charge on any atom is -0.799 e. The molecule has 0 heterocycles. The summed E-state index contributed by atoms with van der Waals surface area (Å²) >= 11 is 0. The van der Waals surface area contributed by atoms with Crippen molar-refractivity contribution in [2.24, 2.45) is 0 Å². The van der Waals surface area contributed by atoms with Crippen LogP contribution < -0.4 is 9.63 Å². The largest absolute Gasteiger partial charge is 0.799 e. The summed E-state index contributed by atoms with van der Waals surface area (Å²) in [4.78, 5) is 21.5. The van der Waals surface area contributed by atoms with E-state index in [9.17, 15) is 19.6 Å². The molecule has 0 radical (unpaired) electrons. The second kappa shape index (κ2) is 5.98. The minimum atomic E-state index is -3.32. The number of hydrogen-bond donors (Lipinski definition) is 0. The highest BCUT2D eigenvalue weighted by molar-refractivity contribution is 7.56. The lowest BCUT2D eigenvalue weighted by molar-refractivity contribution is -0.385. The molecule has 100 valence electrons. The summed E-state index contributed by atoms with van der Waals surface area (Å²) in [5.41, 5.74) is 0.587. The number of nitro groups is 1. The number of rotatable bonds is 6. The van der Waals surface area contributed by atoms with Crippen LogP contribution in [-0.2, 0) is 11.0 Å². The molecule has 0 saturated carbocycles. The van der Waals surface area contributed by atoms with Gasteiger partial charge >= 0.3 is 5.69 Å². The van der Waals surface area contributed by atoms with Crippen LogP contribution in [0.2, 0.25) is 0 Å². The van der Waals surface area contributed by atoms with Crippen LogP contribution in [0.3, 0.4) is 0 Å². The standard InChI is InChI=1S/C11H16NO5P/c1-3-18(15,16)7-6-9-4-5-10(12(13)14)11(8-9)17-2/h4-5,8H,3,6-7H2,1-2H3,(H,15,16)/p-1. The maximum Gasteiger partial charge on any atom is 0.310 e. The summed E-state index contributed by atoms with van der Waals surface area (Å²) in [6.45, 7) is 1.60. The molecule has 1 unspecified atom stereocenters. The smallest absolute Gasteiger partial charge is 0.310 e. The van der Waals surface area contributed by atoms with Crippen molar-refractivity contribution in [3.63, 3.8) is 0 Å². The molecule has 0 saturated heterocycles. The Morgan fingerprint density at radius 1 is 1.44 bits per heavy atom. The number of hydrogen-bond acceptors (Lipinski definition) is 5. The fraction of sp³-hybridized carbons (Fsp3) is 0.455. The Balaban J connectivity index is 2.86. The Labute approximate surface area is 105 Å². The molecule has 1 aromatic rings. The van der Waals surface area contributed by atoms with Crippen molar-refractivity contribution in [3.05, 3.63) is 33.9 Å². The SMILES string of the molecule is CCP(=O)([O-])CCc1ccc([N+](=O)[O-])c(OC)c1. The average molecular weight is 272 g/mol.